The van der Waals surface area contributed by atoms with Gasteiger partial charge in [0.1, 0.15) is 23.0 Å². The van der Waals surface area contributed by atoms with E-state index in [9.17, 15) is 10.1 Å². The maximum Gasteiger partial charge on any atom is 0.262 e. The summed E-state index contributed by atoms with van der Waals surface area (Å²) in [5.41, 5.74) is 2.13. The van der Waals surface area contributed by atoms with E-state index in [1.807, 2.05) is 18.2 Å². The van der Waals surface area contributed by atoms with Crippen LogP contribution in [0, 0.1) is 17.2 Å². The Morgan fingerprint density at radius 2 is 2.03 bits per heavy atom. The Labute approximate surface area is 186 Å². The molecular formula is C24H26N4O4. The van der Waals surface area contributed by atoms with Gasteiger partial charge in [-0.1, -0.05) is 19.9 Å². The molecule has 166 valence electrons. The van der Waals surface area contributed by atoms with Crippen LogP contribution in [0.1, 0.15) is 25.0 Å². The van der Waals surface area contributed by atoms with Crippen LogP contribution in [0.25, 0.3) is 17.1 Å². The number of rotatable bonds is 9. The Balaban J connectivity index is 1.76. The molecule has 0 aliphatic carbocycles. The molecule has 32 heavy (non-hydrogen) atoms. The molecule has 0 aliphatic rings. The third-order valence-electron chi connectivity index (χ3n) is 4.69. The van der Waals surface area contributed by atoms with Crippen molar-refractivity contribution in [2.24, 2.45) is 5.92 Å². The number of carbonyl (C=O) groups excluding carboxylic acids is 1. The van der Waals surface area contributed by atoms with Crippen LogP contribution in [0.2, 0.25) is 0 Å². The van der Waals surface area contributed by atoms with Gasteiger partial charge in [0.05, 0.1) is 27.0 Å². The van der Waals surface area contributed by atoms with E-state index in [1.54, 1.807) is 38.7 Å². The minimum atomic E-state index is -0.475. The highest BCUT2D eigenvalue weighted by Crippen LogP contribution is 2.27. The van der Waals surface area contributed by atoms with Crippen LogP contribution in [-0.2, 0) is 11.3 Å². The number of H-pyrrole nitrogens is 1. The monoisotopic (exact) mass is 434 g/mol. The first-order valence-electron chi connectivity index (χ1n) is 10.2. The van der Waals surface area contributed by atoms with Gasteiger partial charge in [-0.3, -0.25) is 4.79 Å². The van der Waals surface area contributed by atoms with Crippen molar-refractivity contribution < 1.29 is 19.0 Å². The van der Waals surface area contributed by atoms with E-state index in [-0.39, 0.29) is 12.1 Å². The molecule has 3 rings (SSSR count). The molecule has 0 bridgehead atoms. The topological polar surface area (TPSA) is 109 Å². The van der Waals surface area contributed by atoms with Crippen LogP contribution in [0.3, 0.4) is 0 Å². The van der Waals surface area contributed by atoms with Gasteiger partial charge in [-0.15, -0.1) is 0 Å². The van der Waals surface area contributed by atoms with Crippen molar-refractivity contribution in [2.75, 3.05) is 20.8 Å². The molecule has 1 amide bonds. The van der Waals surface area contributed by atoms with Gasteiger partial charge in [0, 0.05) is 23.7 Å². The van der Waals surface area contributed by atoms with Gasteiger partial charge >= 0.3 is 0 Å². The summed E-state index contributed by atoms with van der Waals surface area (Å²) < 4.78 is 16.2. The smallest absolute Gasteiger partial charge is 0.262 e. The average molecular weight is 434 g/mol. The second kappa shape index (κ2) is 10.4. The van der Waals surface area contributed by atoms with Crippen molar-refractivity contribution in [2.45, 2.75) is 20.4 Å². The summed E-state index contributed by atoms with van der Waals surface area (Å²) in [5, 5.41) is 13.1. The molecule has 0 atom stereocenters. The van der Waals surface area contributed by atoms with Crippen LogP contribution < -0.4 is 19.5 Å². The predicted molar refractivity (Wildman–Crippen MR) is 121 cm³/mol. The maximum absolute atomic E-state index is 12.6. The zero-order valence-electron chi connectivity index (χ0n) is 18.6. The number of nitrogens with one attached hydrogen (secondary N) is 2. The zero-order valence-corrected chi connectivity index (χ0v) is 18.6. The Hall–Kier alpha value is -3.99. The number of hydrogen-bond acceptors (Lipinski definition) is 6. The fourth-order valence-electron chi connectivity index (χ4n) is 3.04. The number of benzene rings is 1. The van der Waals surface area contributed by atoms with Gasteiger partial charge in [-0.05, 0) is 35.8 Å². The van der Waals surface area contributed by atoms with Gasteiger partial charge in [0.15, 0.2) is 11.5 Å². The molecule has 3 aromatic rings. The first-order valence-corrected chi connectivity index (χ1v) is 10.2. The molecule has 1 aromatic carbocycles. The highest BCUT2D eigenvalue weighted by molar-refractivity contribution is 6.03. The van der Waals surface area contributed by atoms with Crippen molar-refractivity contribution in [3.05, 3.63) is 53.4 Å². The zero-order chi connectivity index (χ0) is 23.1. The number of amides is 1. The highest BCUT2D eigenvalue weighted by atomic mass is 16.5. The molecule has 8 nitrogen and oxygen atoms in total. The SMILES string of the molecule is COc1ccc(CNC(=O)/C(C#N)=C/c2c[nH]c3ncc(OCC(C)C)cc23)cc1OC. The van der Waals surface area contributed by atoms with E-state index in [0.717, 1.165) is 10.9 Å². The van der Waals surface area contributed by atoms with Crippen molar-refractivity contribution in [3.8, 4) is 23.3 Å². The number of methoxy groups -OCH3 is 2. The number of hydrogen-bond donors (Lipinski definition) is 2. The number of aromatic amines is 1. The third kappa shape index (κ3) is 5.38. The first kappa shape index (κ1) is 22.7. The number of nitrogens with zero attached hydrogens (tertiary/aromatic N) is 2. The summed E-state index contributed by atoms with van der Waals surface area (Å²) >= 11 is 0. The number of fused-ring (bicyclic) bond motifs is 1. The van der Waals surface area contributed by atoms with Crippen molar-refractivity contribution >= 4 is 23.0 Å². The summed E-state index contributed by atoms with van der Waals surface area (Å²) in [6, 6.07) is 9.19. The van der Waals surface area contributed by atoms with Crippen LogP contribution in [0.15, 0.2) is 42.2 Å². The van der Waals surface area contributed by atoms with Crippen LogP contribution >= 0.6 is 0 Å². The Morgan fingerprint density at radius 1 is 1.25 bits per heavy atom. The Bertz CT molecular complexity index is 1170. The van der Waals surface area contributed by atoms with Crippen molar-refractivity contribution in [1.29, 1.82) is 5.26 Å². The molecule has 8 heteroatoms. The largest absolute Gasteiger partial charge is 0.493 e. The Morgan fingerprint density at radius 3 is 2.72 bits per heavy atom. The predicted octanol–water partition coefficient (Wildman–Crippen LogP) is 3.84. The highest BCUT2D eigenvalue weighted by Gasteiger charge is 2.13. The minimum Gasteiger partial charge on any atom is -0.493 e. The third-order valence-corrected chi connectivity index (χ3v) is 4.69. The van der Waals surface area contributed by atoms with Gasteiger partial charge in [0.2, 0.25) is 0 Å². The van der Waals surface area contributed by atoms with Crippen molar-refractivity contribution in [1.82, 2.24) is 15.3 Å². The number of aromatic nitrogens is 2. The molecule has 0 saturated carbocycles. The van der Waals surface area contributed by atoms with E-state index in [4.69, 9.17) is 14.2 Å². The second-order valence-corrected chi connectivity index (χ2v) is 7.56. The molecule has 0 spiro atoms. The standard InChI is InChI=1S/C24H26N4O4/c1-15(2)14-32-19-9-20-18(12-26-23(20)27-13-19)8-17(10-25)24(29)28-11-16-5-6-21(30-3)22(7-16)31-4/h5-9,12-13,15H,11,14H2,1-4H3,(H,26,27)(H,28,29)/b17-8+. The number of nitriles is 1. The minimum absolute atomic E-state index is 0.0140. The molecule has 0 fully saturated rings. The van der Waals surface area contributed by atoms with Crippen LogP contribution in [-0.4, -0.2) is 36.7 Å². The maximum atomic E-state index is 12.6. The van der Waals surface area contributed by atoms with E-state index in [0.29, 0.717) is 41.0 Å². The van der Waals surface area contributed by atoms with Crippen molar-refractivity contribution in [3.63, 3.8) is 0 Å². The van der Waals surface area contributed by atoms with Gasteiger partial charge < -0.3 is 24.5 Å². The molecule has 0 aliphatic heterocycles. The quantitative estimate of drug-likeness (QED) is 0.391. The lowest BCUT2D eigenvalue weighted by Gasteiger charge is -2.10. The second-order valence-electron chi connectivity index (χ2n) is 7.56. The summed E-state index contributed by atoms with van der Waals surface area (Å²) in [6.07, 6.45) is 4.90. The van der Waals surface area contributed by atoms with E-state index in [1.165, 1.54) is 6.08 Å². The molecule has 2 aromatic heterocycles. The Kier molecular flexibility index (Phi) is 7.34. The summed E-state index contributed by atoms with van der Waals surface area (Å²) in [4.78, 5) is 20.0. The van der Waals surface area contributed by atoms with Gasteiger partial charge in [0.25, 0.3) is 5.91 Å². The molecular weight excluding hydrogens is 408 g/mol. The lowest BCUT2D eigenvalue weighted by Crippen LogP contribution is -2.24. The fraction of sp³-hybridized carbons (Fsp3) is 0.292. The van der Waals surface area contributed by atoms with Gasteiger partial charge in [-0.2, -0.15) is 5.26 Å². The lowest BCUT2D eigenvalue weighted by atomic mass is 10.1. The van der Waals surface area contributed by atoms with E-state index < -0.39 is 5.91 Å². The molecule has 2 N–H and O–H groups in total. The van der Waals surface area contributed by atoms with E-state index in [2.05, 4.69) is 29.1 Å². The fourth-order valence-corrected chi connectivity index (χ4v) is 3.04. The van der Waals surface area contributed by atoms with Crippen LogP contribution in [0.4, 0.5) is 0 Å². The average Bonchev–Trinajstić information content (AvgIpc) is 3.21. The van der Waals surface area contributed by atoms with Crippen LogP contribution in [0.5, 0.6) is 17.2 Å². The summed E-state index contributed by atoms with van der Waals surface area (Å²) in [7, 11) is 3.11. The molecule has 0 unspecified atom stereocenters. The number of pyridine rings is 1. The lowest BCUT2D eigenvalue weighted by molar-refractivity contribution is -0.117. The first-order chi connectivity index (χ1) is 15.4. The van der Waals surface area contributed by atoms with E-state index >= 15 is 0 Å². The summed E-state index contributed by atoms with van der Waals surface area (Å²) in [6.45, 7) is 4.94. The number of carbonyl (C=O) groups is 1. The van der Waals surface area contributed by atoms with Gasteiger partial charge in [-0.25, -0.2) is 4.98 Å². The normalized spacial score (nSPS) is 11.3. The molecule has 2 heterocycles. The summed E-state index contributed by atoms with van der Waals surface area (Å²) in [5.74, 6) is 1.71. The molecule has 0 saturated heterocycles. The number of ether oxygens (including phenoxy) is 3. The molecule has 0 radical (unpaired) electrons.